The number of likely N-dealkylation sites (tertiary alicyclic amines) is 2. The summed E-state index contributed by atoms with van der Waals surface area (Å²) in [6.45, 7) is 3.72. The first-order valence-electron chi connectivity index (χ1n) is 18.3. The number of piperidine rings is 2. The second-order valence-corrected chi connectivity index (χ2v) is 15.0. The molecule has 292 valence electrons. The van der Waals surface area contributed by atoms with E-state index in [4.69, 9.17) is 32.7 Å². The number of benzene rings is 4. The predicted octanol–water partition coefficient (Wildman–Crippen LogP) is 10.0. The molecule has 2 saturated heterocycles. The Hall–Kier alpha value is -4.29. The molecule has 0 radical (unpaired) electrons. The fraction of sp³-hybridized carbons (Fsp3) is 0.381. The van der Waals surface area contributed by atoms with Crippen molar-refractivity contribution in [2.24, 2.45) is 0 Å². The predicted molar refractivity (Wildman–Crippen MR) is 205 cm³/mol. The minimum absolute atomic E-state index is 0.0837. The van der Waals surface area contributed by atoms with Crippen LogP contribution < -0.4 is 9.47 Å². The van der Waals surface area contributed by atoms with Crippen LogP contribution in [0, 0.1) is 6.92 Å². The van der Waals surface area contributed by atoms with Crippen molar-refractivity contribution in [3.05, 3.63) is 116 Å². The summed E-state index contributed by atoms with van der Waals surface area (Å²) in [6.07, 6.45) is -0.166. The van der Waals surface area contributed by atoms with Gasteiger partial charge < -0.3 is 19.7 Å². The van der Waals surface area contributed by atoms with E-state index < -0.39 is 35.8 Å². The topological polar surface area (TPSA) is 99.5 Å². The molecule has 4 aromatic rings. The van der Waals surface area contributed by atoms with Gasteiger partial charge in [0.2, 0.25) is 0 Å². The van der Waals surface area contributed by atoms with Gasteiger partial charge in [0, 0.05) is 35.3 Å². The number of carboxylic acids is 2. The molecule has 0 unspecified atom stereocenters. The van der Waals surface area contributed by atoms with Gasteiger partial charge in [0.25, 0.3) is 0 Å². The van der Waals surface area contributed by atoms with Gasteiger partial charge in [0.05, 0.1) is 15.6 Å². The summed E-state index contributed by atoms with van der Waals surface area (Å²) < 4.78 is 54.7. The number of aryl methyl sites for hydroxylation is 1. The third-order valence-electron chi connectivity index (χ3n) is 10.4. The number of alkyl halides is 3. The first kappa shape index (κ1) is 40.4. The second-order valence-electron chi connectivity index (χ2n) is 14.2. The Morgan fingerprint density at radius 2 is 1.18 bits per heavy atom. The standard InChI is InChI=1S/C42H43Cl2F3N2O6/c1-26-20-27(22-48-18-4-2-12-34(48)40(50)51)14-16-36(26)54-24-29-8-6-10-31(38(29)43)32-11-7-9-30(39(32)44)25-55-37-17-15-28(21-33(37)42(45,46)47)23-49-19-5-3-13-35(49)41(52)53/h6-11,14-17,20-21,34-35H,2-5,12-13,18-19,22-25H2,1H3,(H,50,51)(H,52,53)/t34-,35-/m0/s1. The van der Waals surface area contributed by atoms with E-state index in [1.807, 2.05) is 42.2 Å². The van der Waals surface area contributed by atoms with E-state index in [2.05, 4.69) is 0 Å². The van der Waals surface area contributed by atoms with E-state index in [0.29, 0.717) is 64.5 Å². The lowest BCUT2D eigenvalue weighted by Crippen LogP contribution is -2.44. The molecule has 0 bridgehead atoms. The Morgan fingerprint density at radius 3 is 1.65 bits per heavy atom. The molecule has 2 aliphatic rings. The van der Waals surface area contributed by atoms with Crippen molar-refractivity contribution in [1.29, 1.82) is 0 Å². The molecule has 2 fully saturated rings. The number of halogens is 5. The zero-order valence-electron chi connectivity index (χ0n) is 30.4. The van der Waals surface area contributed by atoms with Gasteiger partial charge in [-0.3, -0.25) is 19.4 Å². The molecule has 2 N–H and O–H groups in total. The molecule has 0 aromatic heterocycles. The van der Waals surface area contributed by atoms with Crippen LogP contribution in [0.5, 0.6) is 11.5 Å². The van der Waals surface area contributed by atoms with Crippen LogP contribution in [0.15, 0.2) is 72.8 Å². The molecule has 13 heteroatoms. The summed E-state index contributed by atoms with van der Waals surface area (Å²) in [5, 5.41) is 19.9. The quantitative estimate of drug-likeness (QED) is 0.138. The van der Waals surface area contributed by atoms with Crippen molar-refractivity contribution in [1.82, 2.24) is 9.80 Å². The first-order chi connectivity index (χ1) is 26.3. The van der Waals surface area contributed by atoms with E-state index in [9.17, 15) is 33.0 Å². The lowest BCUT2D eigenvalue weighted by atomic mass is 10.0. The molecular weight excluding hydrogens is 756 g/mol. The second kappa shape index (κ2) is 17.7. The average molecular weight is 800 g/mol. The number of rotatable bonds is 13. The maximum Gasteiger partial charge on any atom is 0.419 e. The molecule has 2 aliphatic heterocycles. The zero-order chi connectivity index (χ0) is 39.3. The van der Waals surface area contributed by atoms with Crippen LogP contribution in [-0.4, -0.2) is 57.1 Å². The van der Waals surface area contributed by atoms with Gasteiger partial charge in [0.15, 0.2) is 0 Å². The lowest BCUT2D eigenvalue weighted by molar-refractivity contribution is -0.145. The Labute approximate surface area is 328 Å². The van der Waals surface area contributed by atoms with Crippen molar-refractivity contribution in [2.45, 2.75) is 90.0 Å². The summed E-state index contributed by atoms with van der Waals surface area (Å²) >= 11 is 13.8. The summed E-state index contributed by atoms with van der Waals surface area (Å²) in [7, 11) is 0. The third-order valence-corrected chi connectivity index (χ3v) is 11.3. The number of hydrogen-bond donors (Lipinski definition) is 2. The number of ether oxygens (including phenoxy) is 2. The molecule has 0 aliphatic carbocycles. The summed E-state index contributed by atoms with van der Waals surface area (Å²) in [5.41, 5.74) is 3.67. The first-order valence-corrected chi connectivity index (χ1v) is 19.1. The molecule has 55 heavy (non-hydrogen) atoms. The summed E-state index contributed by atoms with van der Waals surface area (Å²) in [5.74, 6) is -1.46. The van der Waals surface area contributed by atoms with Gasteiger partial charge in [-0.05, 0) is 80.6 Å². The van der Waals surface area contributed by atoms with Crippen LogP contribution in [0.4, 0.5) is 13.2 Å². The highest BCUT2D eigenvalue weighted by molar-refractivity contribution is 6.37. The van der Waals surface area contributed by atoms with Crippen LogP contribution in [0.25, 0.3) is 11.1 Å². The lowest BCUT2D eigenvalue weighted by Gasteiger charge is -2.33. The molecule has 0 spiro atoms. The van der Waals surface area contributed by atoms with E-state index in [0.717, 1.165) is 49.4 Å². The summed E-state index contributed by atoms with van der Waals surface area (Å²) in [4.78, 5) is 27.2. The molecule has 0 amide bonds. The Kier molecular flexibility index (Phi) is 13.0. The molecule has 0 saturated carbocycles. The highest BCUT2D eigenvalue weighted by atomic mass is 35.5. The minimum Gasteiger partial charge on any atom is -0.489 e. The Balaban J connectivity index is 1.14. The van der Waals surface area contributed by atoms with E-state index in [1.54, 1.807) is 29.2 Å². The van der Waals surface area contributed by atoms with Crippen molar-refractivity contribution in [3.63, 3.8) is 0 Å². The van der Waals surface area contributed by atoms with Crippen molar-refractivity contribution in [2.75, 3.05) is 13.1 Å². The monoisotopic (exact) mass is 798 g/mol. The highest BCUT2D eigenvalue weighted by Crippen LogP contribution is 2.40. The number of carbonyl (C=O) groups is 2. The van der Waals surface area contributed by atoms with E-state index in [-0.39, 0.29) is 30.5 Å². The van der Waals surface area contributed by atoms with Gasteiger partial charge in [0.1, 0.15) is 36.8 Å². The smallest absolute Gasteiger partial charge is 0.419 e. The number of aliphatic carboxylic acids is 2. The fourth-order valence-corrected chi connectivity index (χ4v) is 8.06. The SMILES string of the molecule is Cc1cc(CN2CCCC[C@H]2C(=O)O)ccc1OCc1cccc(-c2cccc(COc3ccc(CN4CCCC[C@H]4C(=O)O)cc3C(F)(F)F)c2Cl)c1Cl. The third kappa shape index (κ3) is 9.75. The number of carboxylic acid groups (broad SMARTS) is 2. The highest BCUT2D eigenvalue weighted by Gasteiger charge is 2.36. The van der Waals surface area contributed by atoms with Gasteiger partial charge in [-0.15, -0.1) is 0 Å². The summed E-state index contributed by atoms with van der Waals surface area (Å²) in [6, 6.07) is 19.1. The molecule has 6 rings (SSSR count). The molecule has 8 nitrogen and oxygen atoms in total. The van der Waals surface area contributed by atoms with Gasteiger partial charge >= 0.3 is 18.1 Å². The van der Waals surface area contributed by atoms with E-state index in [1.165, 1.54) is 12.1 Å². The maximum atomic E-state index is 14.3. The molecule has 2 atom stereocenters. The molecular formula is C42H43Cl2F3N2O6. The normalized spacial score (nSPS) is 18.2. The van der Waals surface area contributed by atoms with Crippen LogP contribution >= 0.6 is 23.2 Å². The molecule has 2 heterocycles. The van der Waals surface area contributed by atoms with Gasteiger partial charge in [-0.1, -0.05) is 90.6 Å². The number of nitrogens with zero attached hydrogens (tertiary/aromatic N) is 2. The van der Waals surface area contributed by atoms with Gasteiger partial charge in [-0.25, -0.2) is 0 Å². The van der Waals surface area contributed by atoms with Crippen LogP contribution in [0.3, 0.4) is 0 Å². The number of hydrogen-bond acceptors (Lipinski definition) is 6. The van der Waals surface area contributed by atoms with Crippen molar-refractivity contribution in [3.8, 4) is 22.6 Å². The van der Waals surface area contributed by atoms with Crippen molar-refractivity contribution >= 4 is 35.1 Å². The average Bonchev–Trinajstić information content (AvgIpc) is 3.15. The molecule has 4 aromatic carbocycles. The van der Waals surface area contributed by atoms with E-state index >= 15 is 0 Å². The fourth-order valence-electron chi connectivity index (χ4n) is 7.49. The zero-order valence-corrected chi connectivity index (χ0v) is 31.9. The Bertz CT molecular complexity index is 2030. The van der Waals surface area contributed by atoms with Crippen LogP contribution in [0.2, 0.25) is 10.0 Å². The maximum absolute atomic E-state index is 14.3. The largest absolute Gasteiger partial charge is 0.489 e. The minimum atomic E-state index is -4.71. The van der Waals surface area contributed by atoms with Gasteiger partial charge in [-0.2, -0.15) is 13.2 Å². The van der Waals surface area contributed by atoms with Crippen LogP contribution in [0.1, 0.15) is 71.9 Å². The van der Waals surface area contributed by atoms with Crippen LogP contribution in [-0.2, 0) is 42.1 Å². The Morgan fingerprint density at radius 1 is 0.709 bits per heavy atom. The van der Waals surface area contributed by atoms with Crippen molar-refractivity contribution < 1.29 is 42.4 Å².